The molecule has 0 aliphatic carbocycles. The lowest BCUT2D eigenvalue weighted by molar-refractivity contribution is -0.182. The molecule has 1 aromatic heterocycles. The highest BCUT2D eigenvalue weighted by atomic mass is 19.4. The number of aryl methyl sites for hydroxylation is 1. The maximum Gasteiger partial charge on any atom is 0.393 e. The number of rotatable bonds is 2. The van der Waals surface area contributed by atoms with E-state index in [0.29, 0.717) is 5.82 Å². The summed E-state index contributed by atoms with van der Waals surface area (Å²) in [5, 5.41) is 0. The summed E-state index contributed by atoms with van der Waals surface area (Å²) >= 11 is 0. The second-order valence-electron chi connectivity index (χ2n) is 4.19. The van der Waals surface area contributed by atoms with Gasteiger partial charge in [0.2, 0.25) is 0 Å². The fraction of sp³-hybridized carbons (Fsp3) is 0.636. The number of hydrogen-bond donors (Lipinski definition) is 0. The number of carbonyl (C=O) groups is 1. The van der Waals surface area contributed by atoms with Crippen LogP contribution in [0.2, 0.25) is 0 Å². The van der Waals surface area contributed by atoms with Crippen molar-refractivity contribution in [2.45, 2.75) is 32.5 Å². The molecule has 4 nitrogen and oxygen atoms in total. The van der Waals surface area contributed by atoms with Gasteiger partial charge in [0, 0.05) is 19.2 Å². The summed E-state index contributed by atoms with van der Waals surface area (Å²) in [6.07, 6.45) is -2.62. The monoisotopic (exact) mass is 262 g/mol. The number of ether oxygens (including phenoxy) is 1. The van der Waals surface area contributed by atoms with Crippen LogP contribution in [0.1, 0.15) is 29.7 Å². The van der Waals surface area contributed by atoms with Gasteiger partial charge in [-0.1, -0.05) is 0 Å². The van der Waals surface area contributed by atoms with Crippen molar-refractivity contribution < 1.29 is 22.7 Å². The lowest BCUT2D eigenvalue weighted by atomic mass is 9.99. The van der Waals surface area contributed by atoms with E-state index in [2.05, 4.69) is 4.98 Å². The van der Waals surface area contributed by atoms with Gasteiger partial charge in [-0.05, 0) is 13.3 Å². The quantitative estimate of drug-likeness (QED) is 0.767. The smallest absolute Gasteiger partial charge is 0.393 e. The van der Waals surface area contributed by atoms with E-state index >= 15 is 0 Å². The number of nitrogens with zero attached hydrogens (tertiary/aromatic N) is 2. The third-order valence-corrected chi connectivity index (χ3v) is 2.94. The summed E-state index contributed by atoms with van der Waals surface area (Å²) < 4.78 is 43.9. The summed E-state index contributed by atoms with van der Waals surface area (Å²) in [5.74, 6) is -1.45. The van der Waals surface area contributed by atoms with Crippen LogP contribution in [0.25, 0.3) is 0 Å². The molecule has 1 aromatic rings. The van der Waals surface area contributed by atoms with E-state index in [1.165, 1.54) is 10.8 Å². The SMILES string of the molecule is CCOC(=O)c1cn2c(n1)CC[C@H](C(F)(F)F)C2. The van der Waals surface area contributed by atoms with E-state index in [4.69, 9.17) is 4.74 Å². The Balaban J connectivity index is 2.16. The van der Waals surface area contributed by atoms with Crippen molar-refractivity contribution in [3.63, 3.8) is 0 Å². The standard InChI is InChI=1S/C11H13F3N2O2/c1-2-18-10(17)8-6-16-5-7(11(12,13)14)3-4-9(16)15-8/h6-7H,2-5H2,1H3/t7-/m0/s1. The molecule has 1 aliphatic rings. The molecular formula is C11H13F3N2O2. The van der Waals surface area contributed by atoms with Crippen molar-refractivity contribution in [3.8, 4) is 0 Å². The van der Waals surface area contributed by atoms with E-state index in [9.17, 15) is 18.0 Å². The normalized spacial score (nSPS) is 19.4. The van der Waals surface area contributed by atoms with Crippen LogP contribution in [0.15, 0.2) is 6.20 Å². The predicted octanol–water partition coefficient (Wildman–Crippen LogP) is 2.18. The molecule has 0 unspecified atom stereocenters. The Kier molecular flexibility index (Phi) is 3.32. The minimum atomic E-state index is -4.20. The first kappa shape index (κ1) is 12.9. The number of halogens is 3. The topological polar surface area (TPSA) is 44.1 Å². The Morgan fingerprint density at radius 2 is 2.33 bits per heavy atom. The second-order valence-corrected chi connectivity index (χ2v) is 4.19. The Bertz CT molecular complexity index is 454. The number of imidazole rings is 1. The summed E-state index contributed by atoms with van der Waals surface area (Å²) in [5.41, 5.74) is 0.0784. The highest BCUT2D eigenvalue weighted by molar-refractivity contribution is 5.87. The van der Waals surface area contributed by atoms with Gasteiger partial charge < -0.3 is 9.30 Å². The first-order valence-electron chi connectivity index (χ1n) is 5.71. The maximum absolute atomic E-state index is 12.6. The molecule has 7 heteroatoms. The van der Waals surface area contributed by atoms with Gasteiger partial charge >= 0.3 is 12.1 Å². The van der Waals surface area contributed by atoms with Gasteiger partial charge in [-0.2, -0.15) is 13.2 Å². The van der Waals surface area contributed by atoms with Crippen molar-refractivity contribution in [1.29, 1.82) is 0 Å². The van der Waals surface area contributed by atoms with Crippen LogP contribution in [0.4, 0.5) is 13.2 Å². The van der Waals surface area contributed by atoms with Gasteiger partial charge in [-0.15, -0.1) is 0 Å². The van der Waals surface area contributed by atoms with E-state index in [0.717, 1.165) is 0 Å². The number of aromatic nitrogens is 2. The summed E-state index contributed by atoms with van der Waals surface area (Å²) in [4.78, 5) is 15.4. The number of carbonyl (C=O) groups excluding carboxylic acids is 1. The van der Waals surface area contributed by atoms with Crippen molar-refractivity contribution in [2.75, 3.05) is 6.61 Å². The van der Waals surface area contributed by atoms with Gasteiger partial charge in [0.15, 0.2) is 5.69 Å². The largest absolute Gasteiger partial charge is 0.461 e. The van der Waals surface area contributed by atoms with E-state index < -0.39 is 18.1 Å². The molecule has 0 saturated heterocycles. The average molecular weight is 262 g/mol. The molecule has 18 heavy (non-hydrogen) atoms. The Hall–Kier alpha value is -1.53. The molecule has 0 fully saturated rings. The van der Waals surface area contributed by atoms with Crippen LogP contribution in [-0.4, -0.2) is 28.3 Å². The zero-order chi connectivity index (χ0) is 13.3. The second kappa shape index (κ2) is 4.62. The van der Waals surface area contributed by atoms with Crippen molar-refractivity contribution in [1.82, 2.24) is 9.55 Å². The highest BCUT2D eigenvalue weighted by Crippen LogP contribution is 2.34. The molecule has 0 N–H and O–H groups in total. The van der Waals surface area contributed by atoms with Gasteiger partial charge in [0.05, 0.1) is 12.5 Å². The first-order chi connectivity index (χ1) is 8.41. The molecule has 1 aliphatic heterocycles. The Morgan fingerprint density at radius 3 is 2.94 bits per heavy atom. The molecule has 100 valence electrons. The van der Waals surface area contributed by atoms with E-state index in [1.807, 2.05) is 0 Å². The summed E-state index contributed by atoms with van der Waals surface area (Å²) in [6, 6.07) is 0. The lowest BCUT2D eigenvalue weighted by Gasteiger charge is -2.25. The fourth-order valence-electron chi connectivity index (χ4n) is 2.01. The van der Waals surface area contributed by atoms with Crippen molar-refractivity contribution in [2.24, 2.45) is 5.92 Å². The number of hydrogen-bond acceptors (Lipinski definition) is 3. The minimum Gasteiger partial charge on any atom is -0.461 e. The van der Waals surface area contributed by atoms with Crippen LogP contribution >= 0.6 is 0 Å². The van der Waals surface area contributed by atoms with Crippen LogP contribution in [0, 0.1) is 5.92 Å². The van der Waals surface area contributed by atoms with Crippen molar-refractivity contribution >= 4 is 5.97 Å². The van der Waals surface area contributed by atoms with Crippen LogP contribution in [0.3, 0.4) is 0 Å². The fourth-order valence-corrected chi connectivity index (χ4v) is 2.01. The third kappa shape index (κ3) is 2.49. The van der Waals surface area contributed by atoms with E-state index in [-0.39, 0.29) is 31.7 Å². The summed E-state index contributed by atoms with van der Waals surface area (Å²) in [7, 11) is 0. The molecule has 1 atom stereocenters. The maximum atomic E-state index is 12.6. The molecular weight excluding hydrogens is 249 g/mol. The van der Waals surface area contributed by atoms with E-state index in [1.54, 1.807) is 6.92 Å². The van der Waals surface area contributed by atoms with Crippen LogP contribution in [0.5, 0.6) is 0 Å². The van der Waals surface area contributed by atoms with Crippen LogP contribution in [-0.2, 0) is 17.7 Å². The highest BCUT2D eigenvalue weighted by Gasteiger charge is 2.41. The number of fused-ring (bicyclic) bond motifs is 1. The Morgan fingerprint density at radius 1 is 1.61 bits per heavy atom. The first-order valence-corrected chi connectivity index (χ1v) is 5.71. The molecule has 2 heterocycles. The van der Waals surface area contributed by atoms with Gasteiger partial charge in [-0.3, -0.25) is 0 Å². The molecule has 0 amide bonds. The van der Waals surface area contributed by atoms with Crippen molar-refractivity contribution in [3.05, 3.63) is 17.7 Å². The lowest BCUT2D eigenvalue weighted by Crippen LogP contribution is -2.31. The van der Waals surface area contributed by atoms with Gasteiger partial charge in [0.1, 0.15) is 5.82 Å². The Labute approximate surface area is 102 Å². The van der Waals surface area contributed by atoms with Crippen LogP contribution < -0.4 is 0 Å². The van der Waals surface area contributed by atoms with Gasteiger partial charge in [-0.25, -0.2) is 9.78 Å². The van der Waals surface area contributed by atoms with Gasteiger partial charge in [0.25, 0.3) is 0 Å². The minimum absolute atomic E-state index is 0.0166. The molecule has 0 spiro atoms. The average Bonchev–Trinajstić information content (AvgIpc) is 2.70. The molecule has 0 radical (unpaired) electrons. The third-order valence-electron chi connectivity index (χ3n) is 2.94. The number of esters is 1. The summed E-state index contributed by atoms with van der Waals surface area (Å²) in [6.45, 7) is 1.70. The molecule has 0 bridgehead atoms. The molecule has 2 rings (SSSR count). The molecule has 0 aromatic carbocycles. The zero-order valence-electron chi connectivity index (χ0n) is 9.83. The zero-order valence-corrected chi connectivity index (χ0v) is 9.83. The molecule has 0 saturated carbocycles. The predicted molar refractivity (Wildman–Crippen MR) is 56.0 cm³/mol. The number of alkyl halides is 3.